The zero-order chi connectivity index (χ0) is 36.2. The number of methoxy groups -OCH3 is 1. The molecule has 2 aromatic carbocycles. The summed E-state index contributed by atoms with van der Waals surface area (Å²) in [5, 5.41) is 9.47. The summed E-state index contributed by atoms with van der Waals surface area (Å²) >= 11 is 0. The van der Waals surface area contributed by atoms with Gasteiger partial charge in [-0.25, -0.2) is 4.72 Å². The monoisotopic (exact) mass is 715 g/mol. The molecule has 1 N–H and O–H groups in total. The number of amides is 2. The predicted molar refractivity (Wildman–Crippen MR) is 196 cm³/mol. The van der Waals surface area contributed by atoms with Gasteiger partial charge in [-0.2, -0.15) is 12.7 Å². The predicted octanol–water partition coefficient (Wildman–Crippen LogP) is 5.56. The van der Waals surface area contributed by atoms with Crippen molar-refractivity contribution in [2.45, 2.75) is 83.1 Å². The van der Waals surface area contributed by atoms with Crippen molar-refractivity contribution in [2.75, 3.05) is 34.3 Å². The highest BCUT2D eigenvalue weighted by atomic mass is 32.2. The Kier molecular flexibility index (Phi) is 9.24. The lowest BCUT2D eigenvalue weighted by molar-refractivity contribution is -0.144. The molecule has 1 aliphatic carbocycles. The number of benzene rings is 2. The number of piperidine rings is 1. The minimum atomic E-state index is -3.99. The molecule has 4 aromatic rings. The molecule has 12 nitrogen and oxygen atoms in total. The van der Waals surface area contributed by atoms with E-state index < -0.39 is 21.5 Å². The van der Waals surface area contributed by atoms with E-state index in [0.717, 1.165) is 82.1 Å². The second kappa shape index (κ2) is 13.4. The third-order valence-electron chi connectivity index (χ3n) is 11.9. The zero-order valence-electron chi connectivity index (χ0n) is 30.5. The molecule has 2 fully saturated rings. The topological polar surface area (TPSA) is 132 Å². The van der Waals surface area contributed by atoms with Gasteiger partial charge in [0.1, 0.15) is 17.9 Å². The van der Waals surface area contributed by atoms with Crippen molar-refractivity contribution in [3.05, 3.63) is 65.2 Å². The number of rotatable bonds is 7. The normalized spacial score (nSPS) is 21.7. The van der Waals surface area contributed by atoms with Gasteiger partial charge in [-0.3, -0.25) is 9.59 Å². The first-order valence-corrected chi connectivity index (χ1v) is 19.5. The molecule has 3 aliphatic rings. The van der Waals surface area contributed by atoms with Gasteiger partial charge in [0.25, 0.3) is 5.91 Å². The Morgan fingerprint density at radius 3 is 2.37 bits per heavy atom. The summed E-state index contributed by atoms with van der Waals surface area (Å²) in [4.78, 5) is 30.5. The van der Waals surface area contributed by atoms with Gasteiger partial charge in [-0.1, -0.05) is 32.3 Å². The highest BCUT2D eigenvalue weighted by molar-refractivity contribution is 7.87. The van der Waals surface area contributed by atoms with Gasteiger partial charge < -0.3 is 18.8 Å². The molecule has 1 saturated heterocycles. The lowest BCUT2D eigenvalue weighted by atomic mass is 9.72. The van der Waals surface area contributed by atoms with Crippen LogP contribution in [0.1, 0.15) is 104 Å². The molecule has 0 spiro atoms. The van der Waals surface area contributed by atoms with E-state index in [1.807, 2.05) is 34.7 Å². The van der Waals surface area contributed by atoms with Crippen LogP contribution in [0.2, 0.25) is 0 Å². The summed E-state index contributed by atoms with van der Waals surface area (Å²) in [5.74, 6) is 1.48. The summed E-state index contributed by atoms with van der Waals surface area (Å²) in [5.41, 5.74) is 4.68. The summed E-state index contributed by atoms with van der Waals surface area (Å²) in [6.07, 6.45) is 8.97. The van der Waals surface area contributed by atoms with E-state index >= 15 is 4.79 Å². The minimum absolute atomic E-state index is 0.0973. The molecule has 51 heavy (non-hydrogen) atoms. The molecule has 1 saturated carbocycles. The van der Waals surface area contributed by atoms with Gasteiger partial charge in [-0.15, -0.1) is 10.2 Å². The fourth-order valence-corrected chi connectivity index (χ4v) is 9.25. The number of carbonyl (C=O) groups excluding carboxylic acids is 2. The minimum Gasteiger partial charge on any atom is -0.497 e. The van der Waals surface area contributed by atoms with Crippen LogP contribution in [-0.2, 0) is 28.6 Å². The molecule has 0 bridgehead atoms. The van der Waals surface area contributed by atoms with E-state index in [4.69, 9.17) is 4.74 Å². The Balaban J connectivity index is 1.38. The van der Waals surface area contributed by atoms with E-state index in [9.17, 15) is 13.2 Å². The Morgan fingerprint density at radius 1 is 1.00 bits per heavy atom. The SMILES string of the molecule is COc1ccc2c(c1)C(C)C(C)(C(=O)N1CCC(c3nncn3C)CC1)Cn1c-2c(C2CCCCC2)c2ccc(C(=O)NS(=O)(=O)N(C)C)cc21. The third-order valence-corrected chi connectivity index (χ3v) is 13.3. The molecule has 4 heterocycles. The summed E-state index contributed by atoms with van der Waals surface area (Å²) < 4.78 is 38.4. The van der Waals surface area contributed by atoms with Crippen LogP contribution >= 0.6 is 0 Å². The highest BCUT2D eigenvalue weighted by Crippen LogP contribution is 2.53. The van der Waals surface area contributed by atoms with Gasteiger partial charge in [0.2, 0.25) is 5.91 Å². The Bertz CT molecular complexity index is 2090. The lowest BCUT2D eigenvalue weighted by Gasteiger charge is -2.41. The first-order chi connectivity index (χ1) is 24.3. The molecule has 272 valence electrons. The fraction of sp³-hybridized carbons (Fsp3) is 0.526. The maximum absolute atomic E-state index is 15.0. The van der Waals surface area contributed by atoms with Crippen LogP contribution < -0.4 is 9.46 Å². The molecule has 2 atom stereocenters. The van der Waals surface area contributed by atoms with Crippen LogP contribution in [-0.4, -0.2) is 83.1 Å². The van der Waals surface area contributed by atoms with Crippen LogP contribution in [0.5, 0.6) is 5.75 Å². The Hall–Kier alpha value is -4.23. The van der Waals surface area contributed by atoms with Gasteiger partial charge in [0.15, 0.2) is 0 Å². The van der Waals surface area contributed by atoms with Gasteiger partial charge >= 0.3 is 10.2 Å². The summed E-state index contributed by atoms with van der Waals surface area (Å²) in [7, 11) is 2.40. The summed E-state index contributed by atoms with van der Waals surface area (Å²) in [6.45, 7) is 5.89. The second-order valence-corrected chi connectivity index (χ2v) is 17.0. The quantitative estimate of drug-likeness (QED) is 0.265. The number of ether oxygens (including phenoxy) is 1. The molecule has 2 unspecified atom stereocenters. The largest absolute Gasteiger partial charge is 0.497 e. The van der Waals surface area contributed by atoms with Crippen molar-refractivity contribution < 1.29 is 22.7 Å². The van der Waals surface area contributed by atoms with Crippen molar-refractivity contribution in [3.63, 3.8) is 0 Å². The number of nitrogens with one attached hydrogen (secondary N) is 1. The molecule has 7 rings (SSSR count). The number of aryl methyl sites for hydroxylation is 1. The first-order valence-electron chi connectivity index (χ1n) is 18.1. The maximum atomic E-state index is 15.0. The van der Waals surface area contributed by atoms with Crippen LogP contribution in [0.25, 0.3) is 22.2 Å². The average Bonchev–Trinajstić information content (AvgIpc) is 3.68. The van der Waals surface area contributed by atoms with Crippen LogP contribution in [0.15, 0.2) is 42.7 Å². The number of likely N-dealkylation sites (tertiary alicyclic amines) is 1. The second-order valence-electron chi connectivity index (χ2n) is 15.1. The molecule has 2 aromatic heterocycles. The van der Waals surface area contributed by atoms with Crippen molar-refractivity contribution in [3.8, 4) is 17.0 Å². The summed E-state index contributed by atoms with van der Waals surface area (Å²) in [6, 6.07) is 11.7. The van der Waals surface area contributed by atoms with Crippen molar-refractivity contribution in [1.82, 2.24) is 33.3 Å². The standard InChI is InChI=1S/C38H49N7O5S/c1-24-31-21-28(50-6)13-15-29(31)34-33(25-10-8-7-9-11-25)30-14-12-27(36(46)41-51(48,49)42(3)4)20-32(30)45(34)22-38(24,2)37(47)44-18-16-26(17-19-44)35-40-39-23-43(35)5/h12-15,20-21,23-26H,7-11,16-19,22H2,1-6H3,(H,41,46). The zero-order valence-corrected chi connectivity index (χ0v) is 31.3. The van der Waals surface area contributed by atoms with Gasteiger partial charge in [0, 0.05) is 68.7 Å². The number of hydrogen-bond acceptors (Lipinski definition) is 7. The van der Waals surface area contributed by atoms with Crippen molar-refractivity contribution >= 4 is 32.9 Å². The maximum Gasteiger partial charge on any atom is 0.303 e. The average molecular weight is 716 g/mol. The fourth-order valence-electron chi connectivity index (χ4n) is 8.71. The lowest BCUT2D eigenvalue weighted by Crippen LogP contribution is -2.49. The first kappa shape index (κ1) is 35.2. The van der Waals surface area contributed by atoms with E-state index in [-0.39, 0.29) is 23.3 Å². The van der Waals surface area contributed by atoms with Crippen LogP contribution in [0.4, 0.5) is 0 Å². The van der Waals surface area contributed by atoms with Gasteiger partial charge in [-0.05, 0) is 85.9 Å². The Morgan fingerprint density at radius 2 is 1.73 bits per heavy atom. The third kappa shape index (κ3) is 6.11. The molecule has 13 heteroatoms. The molecular formula is C38H49N7O5S. The van der Waals surface area contributed by atoms with Crippen LogP contribution in [0, 0.1) is 5.41 Å². The van der Waals surface area contributed by atoms with Crippen LogP contribution in [0.3, 0.4) is 0 Å². The van der Waals surface area contributed by atoms with E-state index in [2.05, 4.69) is 45.5 Å². The smallest absolute Gasteiger partial charge is 0.303 e. The number of fused-ring (bicyclic) bond motifs is 5. The number of hydrogen-bond donors (Lipinski definition) is 1. The highest BCUT2D eigenvalue weighted by Gasteiger charge is 2.47. The van der Waals surface area contributed by atoms with Crippen molar-refractivity contribution in [1.29, 1.82) is 0 Å². The molecular weight excluding hydrogens is 667 g/mol. The number of carbonyl (C=O) groups is 2. The molecule has 2 aliphatic heterocycles. The van der Waals surface area contributed by atoms with E-state index in [0.29, 0.717) is 25.6 Å². The molecule has 2 amide bonds. The van der Waals surface area contributed by atoms with E-state index in [1.54, 1.807) is 19.5 Å². The number of nitrogens with zero attached hydrogens (tertiary/aromatic N) is 6. The molecule has 0 radical (unpaired) electrons. The van der Waals surface area contributed by atoms with Crippen molar-refractivity contribution in [2.24, 2.45) is 12.5 Å². The van der Waals surface area contributed by atoms with Gasteiger partial charge in [0.05, 0.1) is 18.2 Å². The number of aromatic nitrogens is 4. The Labute approximate surface area is 300 Å². The van der Waals surface area contributed by atoms with E-state index in [1.165, 1.54) is 26.1 Å².